The molecule has 0 atom stereocenters. The molecule has 0 bridgehead atoms. The minimum atomic E-state index is 0.0775. The van der Waals surface area contributed by atoms with Crippen molar-refractivity contribution < 1.29 is 4.84 Å². The molecule has 0 unspecified atom stereocenters. The molecular formula is C7H14N2O. The van der Waals surface area contributed by atoms with Gasteiger partial charge >= 0.3 is 0 Å². The molecule has 0 radical (unpaired) electrons. The van der Waals surface area contributed by atoms with Crippen LogP contribution in [0.5, 0.6) is 0 Å². The number of nitrogens with two attached hydrogens (primary N) is 1. The summed E-state index contributed by atoms with van der Waals surface area (Å²) in [6.45, 7) is 6.97. The molecule has 0 saturated carbocycles. The van der Waals surface area contributed by atoms with Crippen molar-refractivity contribution in [2.75, 3.05) is 6.54 Å². The van der Waals surface area contributed by atoms with Gasteiger partial charge in [0.15, 0.2) is 0 Å². The molecule has 10 heavy (non-hydrogen) atoms. The van der Waals surface area contributed by atoms with Crippen LogP contribution in [-0.2, 0) is 4.84 Å². The van der Waals surface area contributed by atoms with Crippen molar-refractivity contribution in [3.63, 3.8) is 0 Å². The standard InChI is InChI=1S/C7H14N2O/c1-7(2,3)6-4-5-9(8)10-6/h4H,5,8H2,1-3H3. The number of nitrogens with zero attached hydrogens (tertiary/aromatic N) is 1. The van der Waals surface area contributed by atoms with E-state index >= 15 is 0 Å². The van der Waals surface area contributed by atoms with Gasteiger partial charge in [0.25, 0.3) is 0 Å². The van der Waals surface area contributed by atoms with Crippen LogP contribution in [-0.4, -0.2) is 11.7 Å². The van der Waals surface area contributed by atoms with Crippen molar-refractivity contribution in [1.29, 1.82) is 0 Å². The Kier molecular flexibility index (Phi) is 1.70. The van der Waals surface area contributed by atoms with Crippen LogP contribution in [0, 0.1) is 5.41 Å². The molecule has 0 aromatic rings. The maximum absolute atomic E-state index is 5.38. The van der Waals surface area contributed by atoms with E-state index in [1.165, 1.54) is 5.17 Å². The molecule has 1 heterocycles. The Bertz CT molecular complexity index is 157. The Morgan fingerprint density at radius 1 is 1.60 bits per heavy atom. The van der Waals surface area contributed by atoms with E-state index in [0.29, 0.717) is 6.54 Å². The van der Waals surface area contributed by atoms with E-state index in [2.05, 4.69) is 20.8 Å². The van der Waals surface area contributed by atoms with E-state index in [9.17, 15) is 0 Å². The third-order valence-electron chi connectivity index (χ3n) is 1.41. The molecule has 0 spiro atoms. The topological polar surface area (TPSA) is 38.5 Å². The van der Waals surface area contributed by atoms with Crippen molar-refractivity contribution in [2.45, 2.75) is 20.8 Å². The maximum Gasteiger partial charge on any atom is 0.129 e. The minimum Gasteiger partial charge on any atom is -0.395 e. The average molecular weight is 142 g/mol. The zero-order chi connectivity index (χ0) is 7.78. The van der Waals surface area contributed by atoms with Gasteiger partial charge in [-0.25, -0.2) is 5.84 Å². The predicted molar refractivity (Wildman–Crippen MR) is 39.5 cm³/mol. The molecule has 0 aromatic carbocycles. The monoisotopic (exact) mass is 142 g/mol. The summed E-state index contributed by atoms with van der Waals surface area (Å²) < 4.78 is 0. The first kappa shape index (κ1) is 7.57. The molecule has 1 aliphatic rings. The van der Waals surface area contributed by atoms with Crippen LogP contribution in [0.15, 0.2) is 11.8 Å². The van der Waals surface area contributed by atoms with Gasteiger partial charge in [0.2, 0.25) is 0 Å². The van der Waals surface area contributed by atoms with E-state index in [1.807, 2.05) is 6.08 Å². The van der Waals surface area contributed by atoms with Gasteiger partial charge in [-0.05, 0) is 6.08 Å². The lowest BCUT2D eigenvalue weighted by atomic mass is 9.94. The van der Waals surface area contributed by atoms with Gasteiger partial charge in [-0.2, -0.15) is 0 Å². The second-order valence-electron chi connectivity index (χ2n) is 3.51. The van der Waals surface area contributed by atoms with Crippen molar-refractivity contribution in [3.8, 4) is 0 Å². The quantitative estimate of drug-likeness (QED) is 0.513. The molecule has 0 amide bonds. The maximum atomic E-state index is 5.38. The highest BCUT2D eigenvalue weighted by Gasteiger charge is 2.24. The number of hydrogen-bond donors (Lipinski definition) is 1. The lowest BCUT2D eigenvalue weighted by Gasteiger charge is -2.20. The summed E-state index contributed by atoms with van der Waals surface area (Å²) in [6, 6.07) is 0. The minimum absolute atomic E-state index is 0.0775. The van der Waals surface area contributed by atoms with Gasteiger partial charge in [0, 0.05) is 5.41 Å². The Morgan fingerprint density at radius 2 is 2.20 bits per heavy atom. The summed E-state index contributed by atoms with van der Waals surface area (Å²) in [4.78, 5) is 5.20. The molecule has 1 rings (SSSR count). The number of hydrogen-bond acceptors (Lipinski definition) is 3. The van der Waals surface area contributed by atoms with E-state index in [-0.39, 0.29) is 5.41 Å². The number of hydrazine groups is 1. The summed E-state index contributed by atoms with van der Waals surface area (Å²) >= 11 is 0. The highest BCUT2D eigenvalue weighted by molar-refractivity contribution is 5.06. The van der Waals surface area contributed by atoms with E-state index in [0.717, 1.165) is 5.76 Å². The van der Waals surface area contributed by atoms with Crippen LogP contribution in [0.25, 0.3) is 0 Å². The van der Waals surface area contributed by atoms with Crippen molar-refractivity contribution in [1.82, 2.24) is 5.17 Å². The molecule has 3 heteroatoms. The molecule has 0 saturated heterocycles. The molecule has 3 nitrogen and oxygen atoms in total. The Hall–Kier alpha value is -0.540. The molecule has 0 aliphatic carbocycles. The molecule has 58 valence electrons. The highest BCUT2D eigenvalue weighted by Crippen LogP contribution is 2.28. The summed E-state index contributed by atoms with van der Waals surface area (Å²) in [7, 11) is 0. The van der Waals surface area contributed by atoms with E-state index < -0.39 is 0 Å². The largest absolute Gasteiger partial charge is 0.395 e. The Labute approximate surface area is 61.4 Å². The molecule has 1 aliphatic heterocycles. The fraction of sp³-hybridized carbons (Fsp3) is 0.714. The first-order chi connectivity index (χ1) is 4.50. The van der Waals surface area contributed by atoms with Crippen LogP contribution in [0.3, 0.4) is 0 Å². The van der Waals surface area contributed by atoms with Gasteiger partial charge in [0.1, 0.15) is 5.76 Å². The van der Waals surface area contributed by atoms with Gasteiger partial charge in [0.05, 0.1) is 6.54 Å². The average Bonchev–Trinajstić information content (AvgIpc) is 2.11. The smallest absolute Gasteiger partial charge is 0.129 e. The van der Waals surface area contributed by atoms with Gasteiger partial charge < -0.3 is 4.84 Å². The molecule has 0 aromatic heterocycles. The van der Waals surface area contributed by atoms with Gasteiger partial charge in [-0.3, -0.25) is 0 Å². The molecular weight excluding hydrogens is 128 g/mol. The summed E-state index contributed by atoms with van der Waals surface area (Å²) in [6.07, 6.45) is 2.00. The Morgan fingerprint density at radius 3 is 2.40 bits per heavy atom. The zero-order valence-corrected chi connectivity index (χ0v) is 6.72. The lowest BCUT2D eigenvalue weighted by molar-refractivity contribution is -0.109. The van der Waals surface area contributed by atoms with Crippen LogP contribution in [0.4, 0.5) is 0 Å². The Balaban J connectivity index is 2.60. The highest BCUT2D eigenvalue weighted by atomic mass is 16.7. The third-order valence-corrected chi connectivity index (χ3v) is 1.41. The van der Waals surface area contributed by atoms with Crippen molar-refractivity contribution in [2.24, 2.45) is 11.3 Å². The fourth-order valence-corrected chi connectivity index (χ4v) is 0.817. The second kappa shape index (κ2) is 2.25. The first-order valence-corrected chi connectivity index (χ1v) is 3.41. The normalized spacial score (nSPS) is 20.6. The van der Waals surface area contributed by atoms with Crippen LogP contribution in [0.2, 0.25) is 0 Å². The lowest BCUT2D eigenvalue weighted by Crippen LogP contribution is -2.27. The fourth-order valence-electron chi connectivity index (χ4n) is 0.817. The number of rotatable bonds is 0. The predicted octanol–water partition coefficient (Wildman–Crippen LogP) is 1.04. The van der Waals surface area contributed by atoms with Crippen LogP contribution < -0.4 is 5.84 Å². The zero-order valence-electron chi connectivity index (χ0n) is 6.72. The number of hydroxylamine groups is 1. The summed E-state index contributed by atoms with van der Waals surface area (Å²) in [5.74, 6) is 6.33. The summed E-state index contributed by atoms with van der Waals surface area (Å²) in [5, 5.41) is 1.33. The van der Waals surface area contributed by atoms with Gasteiger partial charge in [-0.1, -0.05) is 25.9 Å². The first-order valence-electron chi connectivity index (χ1n) is 3.41. The van der Waals surface area contributed by atoms with Crippen molar-refractivity contribution in [3.05, 3.63) is 11.8 Å². The summed E-state index contributed by atoms with van der Waals surface area (Å²) in [5.41, 5.74) is 0.0775. The van der Waals surface area contributed by atoms with E-state index in [4.69, 9.17) is 10.7 Å². The van der Waals surface area contributed by atoms with Gasteiger partial charge in [-0.15, -0.1) is 0 Å². The van der Waals surface area contributed by atoms with Crippen LogP contribution in [0.1, 0.15) is 20.8 Å². The van der Waals surface area contributed by atoms with Crippen LogP contribution >= 0.6 is 0 Å². The van der Waals surface area contributed by atoms with Crippen molar-refractivity contribution >= 4 is 0 Å². The SMILES string of the molecule is CC(C)(C)C1=CCN(N)O1. The van der Waals surface area contributed by atoms with E-state index in [1.54, 1.807) is 0 Å². The number of allylic oxidation sites excluding steroid dienone is 1. The second-order valence-corrected chi connectivity index (χ2v) is 3.51. The molecule has 0 fully saturated rings. The molecule has 2 N–H and O–H groups in total. The third kappa shape index (κ3) is 1.49.